The molecule has 3 heterocycles. The van der Waals surface area contributed by atoms with Crippen molar-refractivity contribution in [3.8, 4) is 5.69 Å². The smallest absolute Gasteiger partial charge is 0.235 e. The number of likely N-dealkylation sites (tertiary alicyclic amines) is 1. The van der Waals surface area contributed by atoms with Gasteiger partial charge in [-0.2, -0.15) is 5.10 Å². The van der Waals surface area contributed by atoms with Gasteiger partial charge in [-0.1, -0.05) is 18.2 Å². The van der Waals surface area contributed by atoms with Crippen LogP contribution in [0.5, 0.6) is 0 Å². The van der Waals surface area contributed by atoms with Gasteiger partial charge in [0, 0.05) is 30.8 Å². The van der Waals surface area contributed by atoms with E-state index in [9.17, 15) is 14.4 Å². The van der Waals surface area contributed by atoms with Gasteiger partial charge in [0.25, 0.3) is 0 Å². The summed E-state index contributed by atoms with van der Waals surface area (Å²) in [5, 5.41) is 6.96. The molecule has 3 amide bonds. The Morgan fingerprint density at radius 3 is 2.63 bits per heavy atom. The van der Waals surface area contributed by atoms with Crippen LogP contribution in [0.1, 0.15) is 29.8 Å². The van der Waals surface area contributed by atoms with Crippen LogP contribution in [0.4, 0.5) is 0 Å². The molecule has 1 spiro atoms. The van der Waals surface area contributed by atoms with Crippen LogP contribution < -0.4 is 5.32 Å². The highest BCUT2D eigenvalue weighted by Gasteiger charge is 2.51. The summed E-state index contributed by atoms with van der Waals surface area (Å²) in [5.41, 5.74) is 2.90. The van der Waals surface area contributed by atoms with E-state index in [0.29, 0.717) is 19.5 Å². The number of rotatable bonds is 3. The van der Waals surface area contributed by atoms with Crippen molar-refractivity contribution in [2.24, 2.45) is 5.41 Å². The molecular weight excluding hydrogens is 344 g/mol. The van der Waals surface area contributed by atoms with Crippen LogP contribution in [0.2, 0.25) is 0 Å². The summed E-state index contributed by atoms with van der Waals surface area (Å²) < 4.78 is 1.85. The maximum atomic E-state index is 12.9. The number of amides is 3. The third-order valence-corrected chi connectivity index (χ3v) is 5.71. The van der Waals surface area contributed by atoms with Crippen molar-refractivity contribution in [3.63, 3.8) is 0 Å². The number of benzene rings is 1. The zero-order valence-corrected chi connectivity index (χ0v) is 15.5. The van der Waals surface area contributed by atoms with Crippen LogP contribution in [-0.2, 0) is 20.8 Å². The molecule has 140 valence electrons. The number of nitrogens with zero attached hydrogens (tertiary/aromatic N) is 3. The van der Waals surface area contributed by atoms with Crippen LogP contribution >= 0.6 is 0 Å². The summed E-state index contributed by atoms with van der Waals surface area (Å²) in [7, 11) is 0. The first-order chi connectivity index (χ1) is 12.9. The van der Waals surface area contributed by atoms with Crippen molar-refractivity contribution in [1.29, 1.82) is 0 Å². The Bertz CT molecular complexity index is 934. The molecule has 2 aliphatic heterocycles. The van der Waals surface area contributed by atoms with Crippen molar-refractivity contribution in [1.82, 2.24) is 20.0 Å². The molecule has 2 aromatic rings. The summed E-state index contributed by atoms with van der Waals surface area (Å²) in [6.45, 7) is 4.69. The van der Waals surface area contributed by atoms with Crippen LogP contribution in [-0.4, -0.2) is 45.5 Å². The lowest BCUT2D eigenvalue weighted by Crippen LogP contribution is -2.37. The zero-order valence-electron chi connectivity index (χ0n) is 15.5. The summed E-state index contributed by atoms with van der Waals surface area (Å²) in [6, 6.07) is 9.81. The van der Waals surface area contributed by atoms with Gasteiger partial charge in [0.05, 0.1) is 23.2 Å². The normalized spacial score (nSPS) is 21.9. The van der Waals surface area contributed by atoms with Gasteiger partial charge in [-0.15, -0.1) is 0 Å². The van der Waals surface area contributed by atoms with Crippen molar-refractivity contribution in [2.45, 2.75) is 33.1 Å². The monoisotopic (exact) mass is 366 g/mol. The van der Waals surface area contributed by atoms with Gasteiger partial charge >= 0.3 is 0 Å². The minimum atomic E-state index is -0.731. The number of hydrogen-bond acceptors (Lipinski definition) is 4. The number of hydrogen-bond donors (Lipinski definition) is 1. The Hall–Kier alpha value is -2.96. The van der Waals surface area contributed by atoms with Crippen LogP contribution in [0, 0.1) is 19.3 Å². The molecule has 0 saturated carbocycles. The number of carbonyl (C=O) groups is 3. The van der Waals surface area contributed by atoms with Crippen LogP contribution in [0.25, 0.3) is 5.69 Å². The lowest BCUT2D eigenvalue weighted by Gasteiger charge is -2.20. The molecule has 0 bridgehead atoms. The molecule has 7 heteroatoms. The standard InChI is InChI=1S/C20H22N4O3/c1-13-16(14(2)24(22-13)15-6-4-3-5-7-15)10-18(26)23-9-8-20(12-23)11-17(25)21-19(20)27/h3-7H,8-12H2,1-2H3,(H,21,25,27)/t20-/m0/s1. The van der Waals surface area contributed by atoms with E-state index >= 15 is 0 Å². The fourth-order valence-electron chi connectivity index (χ4n) is 4.12. The maximum absolute atomic E-state index is 12.9. The van der Waals surface area contributed by atoms with E-state index in [-0.39, 0.29) is 30.6 Å². The van der Waals surface area contributed by atoms with E-state index in [4.69, 9.17) is 0 Å². The molecule has 2 saturated heterocycles. The van der Waals surface area contributed by atoms with Crippen LogP contribution in [0.3, 0.4) is 0 Å². The summed E-state index contributed by atoms with van der Waals surface area (Å²) in [4.78, 5) is 38.3. The molecule has 27 heavy (non-hydrogen) atoms. The Balaban J connectivity index is 1.52. The molecule has 1 aromatic heterocycles. The predicted molar refractivity (Wildman–Crippen MR) is 98.1 cm³/mol. The molecule has 1 atom stereocenters. The van der Waals surface area contributed by atoms with Crippen molar-refractivity contribution in [3.05, 3.63) is 47.3 Å². The fourth-order valence-corrected chi connectivity index (χ4v) is 4.12. The minimum absolute atomic E-state index is 0.0298. The second-order valence-corrected chi connectivity index (χ2v) is 7.47. The number of para-hydroxylation sites is 1. The van der Waals surface area contributed by atoms with E-state index < -0.39 is 5.41 Å². The van der Waals surface area contributed by atoms with E-state index in [1.165, 1.54) is 0 Å². The van der Waals surface area contributed by atoms with E-state index in [2.05, 4.69) is 10.4 Å². The Kier molecular flexibility index (Phi) is 4.09. The van der Waals surface area contributed by atoms with Crippen molar-refractivity contribution in [2.75, 3.05) is 13.1 Å². The Morgan fingerprint density at radius 2 is 1.96 bits per heavy atom. The molecule has 2 aliphatic rings. The maximum Gasteiger partial charge on any atom is 0.235 e. The SMILES string of the molecule is Cc1nn(-c2ccccc2)c(C)c1CC(=O)N1CC[C@]2(CC(=O)NC2=O)C1. The van der Waals surface area contributed by atoms with Gasteiger partial charge in [0.1, 0.15) is 0 Å². The first-order valence-corrected chi connectivity index (χ1v) is 9.12. The molecule has 0 radical (unpaired) electrons. The summed E-state index contributed by atoms with van der Waals surface area (Å²) in [6.07, 6.45) is 0.966. The van der Waals surface area contributed by atoms with E-state index in [1.807, 2.05) is 48.9 Å². The van der Waals surface area contributed by atoms with E-state index in [1.54, 1.807) is 4.90 Å². The summed E-state index contributed by atoms with van der Waals surface area (Å²) >= 11 is 0. The first-order valence-electron chi connectivity index (χ1n) is 9.12. The molecule has 2 fully saturated rings. The molecule has 7 nitrogen and oxygen atoms in total. The number of nitrogens with one attached hydrogen (secondary N) is 1. The van der Waals surface area contributed by atoms with Gasteiger partial charge in [-0.3, -0.25) is 19.7 Å². The first kappa shape index (κ1) is 17.5. The van der Waals surface area contributed by atoms with E-state index in [0.717, 1.165) is 22.6 Å². The Labute approximate surface area is 157 Å². The predicted octanol–water partition coefficient (Wildman–Crippen LogP) is 1.30. The van der Waals surface area contributed by atoms with Gasteiger partial charge in [-0.05, 0) is 32.4 Å². The lowest BCUT2D eigenvalue weighted by atomic mass is 9.85. The molecule has 1 aromatic carbocycles. The minimum Gasteiger partial charge on any atom is -0.341 e. The largest absolute Gasteiger partial charge is 0.341 e. The lowest BCUT2D eigenvalue weighted by molar-refractivity contribution is -0.131. The third kappa shape index (κ3) is 2.93. The molecule has 1 N–H and O–H groups in total. The second kappa shape index (κ2) is 6.33. The molecule has 0 aliphatic carbocycles. The number of aromatic nitrogens is 2. The average molecular weight is 366 g/mol. The molecular formula is C20H22N4O3. The zero-order chi connectivity index (χ0) is 19.2. The Morgan fingerprint density at radius 1 is 1.22 bits per heavy atom. The second-order valence-electron chi connectivity index (χ2n) is 7.47. The molecule has 0 unspecified atom stereocenters. The third-order valence-electron chi connectivity index (χ3n) is 5.71. The highest BCUT2D eigenvalue weighted by atomic mass is 16.2. The van der Waals surface area contributed by atoms with Crippen molar-refractivity contribution >= 4 is 17.7 Å². The molecule has 4 rings (SSSR count). The number of imide groups is 1. The van der Waals surface area contributed by atoms with Gasteiger partial charge in [0.15, 0.2) is 0 Å². The van der Waals surface area contributed by atoms with Gasteiger partial charge in [-0.25, -0.2) is 4.68 Å². The van der Waals surface area contributed by atoms with Gasteiger partial charge < -0.3 is 4.90 Å². The van der Waals surface area contributed by atoms with Crippen LogP contribution in [0.15, 0.2) is 30.3 Å². The summed E-state index contributed by atoms with van der Waals surface area (Å²) in [5.74, 6) is -0.519. The van der Waals surface area contributed by atoms with Crippen molar-refractivity contribution < 1.29 is 14.4 Å². The average Bonchev–Trinajstić information content (AvgIpc) is 3.28. The fraction of sp³-hybridized carbons (Fsp3) is 0.400. The number of aryl methyl sites for hydroxylation is 1. The topological polar surface area (TPSA) is 84.3 Å². The number of carbonyl (C=O) groups excluding carboxylic acids is 3. The quantitative estimate of drug-likeness (QED) is 0.830. The highest BCUT2D eigenvalue weighted by molar-refractivity contribution is 6.06. The van der Waals surface area contributed by atoms with Gasteiger partial charge in [0.2, 0.25) is 17.7 Å². The highest BCUT2D eigenvalue weighted by Crippen LogP contribution is 2.37.